The molecule has 1 aliphatic rings. The largest absolute Gasteiger partial charge is 0.346 e. The summed E-state index contributed by atoms with van der Waals surface area (Å²) in [5.74, 6) is 0.441. The topological polar surface area (TPSA) is 95.2 Å². The average Bonchev–Trinajstić information content (AvgIpc) is 3.17. The zero-order valence-corrected chi connectivity index (χ0v) is 19.8. The number of fused-ring (bicyclic) bond motifs is 1. The molecule has 1 amide bonds. The number of carbonyl (C=O) groups excluding carboxylic acids is 1. The molecule has 170 valence electrons. The monoisotopic (exact) mass is 454 g/mol. The van der Waals surface area contributed by atoms with Crippen molar-refractivity contribution < 1.29 is 13.2 Å². The summed E-state index contributed by atoms with van der Waals surface area (Å²) in [4.78, 5) is 21.0. The van der Waals surface area contributed by atoms with Crippen LogP contribution in [0, 0.1) is 26.7 Å². The maximum atomic E-state index is 13.3. The number of aryl methyl sites for hydroxylation is 3. The van der Waals surface area contributed by atoms with Gasteiger partial charge in [-0.3, -0.25) is 4.79 Å². The van der Waals surface area contributed by atoms with Gasteiger partial charge in [-0.15, -0.1) is 0 Å². The number of hydrogen-bond acceptors (Lipinski definition) is 4. The van der Waals surface area contributed by atoms with Crippen LogP contribution >= 0.6 is 0 Å². The van der Waals surface area contributed by atoms with Gasteiger partial charge in [-0.05, 0) is 63.8 Å². The molecule has 0 saturated carbocycles. The van der Waals surface area contributed by atoms with Crippen molar-refractivity contribution in [3.8, 4) is 0 Å². The van der Waals surface area contributed by atoms with E-state index in [1.807, 2.05) is 64.1 Å². The minimum Gasteiger partial charge on any atom is -0.346 e. The van der Waals surface area contributed by atoms with Crippen molar-refractivity contribution >= 4 is 27.0 Å². The minimum absolute atomic E-state index is 0.0577. The summed E-state index contributed by atoms with van der Waals surface area (Å²) in [7, 11) is -3.58. The van der Waals surface area contributed by atoms with Gasteiger partial charge < -0.3 is 10.3 Å². The molecule has 0 bridgehead atoms. The van der Waals surface area contributed by atoms with Crippen LogP contribution in [-0.4, -0.2) is 41.7 Å². The maximum absolute atomic E-state index is 13.3. The second kappa shape index (κ2) is 8.67. The molecular weight excluding hydrogens is 424 g/mol. The number of piperidine rings is 1. The van der Waals surface area contributed by atoms with E-state index < -0.39 is 10.0 Å². The third kappa shape index (κ3) is 4.29. The molecule has 8 heteroatoms. The summed E-state index contributed by atoms with van der Waals surface area (Å²) >= 11 is 0. The lowest BCUT2D eigenvalue weighted by Gasteiger charge is -2.32. The summed E-state index contributed by atoms with van der Waals surface area (Å²) in [6.45, 7) is 8.22. The van der Waals surface area contributed by atoms with Crippen LogP contribution < -0.4 is 5.32 Å². The molecular formula is C24H30N4O3S. The van der Waals surface area contributed by atoms with E-state index in [9.17, 15) is 13.2 Å². The van der Waals surface area contributed by atoms with Crippen LogP contribution in [0.1, 0.15) is 48.3 Å². The highest BCUT2D eigenvalue weighted by Crippen LogP contribution is 2.29. The van der Waals surface area contributed by atoms with Crippen molar-refractivity contribution in [2.75, 3.05) is 13.1 Å². The lowest BCUT2D eigenvalue weighted by Crippen LogP contribution is -2.43. The van der Waals surface area contributed by atoms with Crippen molar-refractivity contribution in [2.24, 2.45) is 5.92 Å². The van der Waals surface area contributed by atoms with Crippen LogP contribution in [0.4, 0.5) is 0 Å². The lowest BCUT2D eigenvalue weighted by molar-refractivity contribution is -0.126. The Bertz CT molecular complexity index is 1200. The molecule has 2 aromatic carbocycles. The Kier molecular flexibility index (Phi) is 6.09. The van der Waals surface area contributed by atoms with Gasteiger partial charge >= 0.3 is 0 Å². The Morgan fingerprint density at radius 3 is 2.38 bits per heavy atom. The number of aromatic amines is 1. The molecule has 3 aromatic rings. The molecule has 1 saturated heterocycles. The molecule has 0 spiro atoms. The smallest absolute Gasteiger partial charge is 0.243 e. The van der Waals surface area contributed by atoms with Gasteiger partial charge in [-0.25, -0.2) is 13.4 Å². The van der Waals surface area contributed by atoms with Gasteiger partial charge in [-0.1, -0.05) is 29.8 Å². The second-order valence-corrected chi connectivity index (χ2v) is 10.7. The summed E-state index contributed by atoms with van der Waals surface area (Å²) in [5, 5.41) is 3.04. The number of benzene rings is 2. The highest BCUT2D eigenvalue weighted by atomic mass is 32.2. The standard InChI is InChI=1S/C24H30N4O3S/c1-15-13-16(2)22(17(3)14-15)32(30,31)28-11-9-19(10-12-28)24(29)25-18(4)23-26-20-7-5-6-8-21(20)27-23/h5-8,13-14,18-19H,9-12H2,1-4H3,(H,25,29)(H,26,27). The number of nitrogens with one attached hydrogen (secondary N) is 2. The van der Waals surface area contributed by atoms with Crippen molar-refractivity contribution in [2.45, 2.75) is 51.5 Å². The highest BCUT2D eigenvalue weighted by molar-refractivity contribution is 7.89. The summed E-state index contributed by atoms with van der Waals surface area (Å²) < 4.78 is 28.1. The number of sulfonamides is 1. The van der Waals surface area contributed by atoms with E-state index >= 15 is 0 Å². The zero-order chi connectivity index (χ0) is 23.0. The number of amides is 1. The van der Waals surface area contributed by atoms with Crippen LogP contribution in [0.5, 0.6) is 0 Å². The first-order valence-electron chi connectivity index (χ1n) is 11.0. The van der Waals surface area contributed by atoms with E-state index in [0.29, 0.717) is 36.7 Å². The fourth-order valence-electron chi connectivity index (χ4n) is 4.64. The van der Waals surface area contributed by atoms with Gasteiger partial charge in [0.25, 0.3) is 0 Å². The van der Waals surface area contributed by atoms with Crippen molar-refractivity contribution in [1.29, 1.82) is 0 Å². The van der Waals surface area contributed by atoms with E-state index in [-0.39, 0.29) is 17.9 Å². The number of hydrogen-bond donors (Lipinski definition) is 2. The Balaban J connectivity index is 1.40. The normalized spacial score (nSPS) is 16.9. The van der Waals surface area contributed by atoms with Crippen LogP contribution in [0.3, 0.4) is 0 Å². The first-order valence-corrected chi connectivity index (χ1v) is 12.4. The van der Waals surface area contributed by atoms with E-state index in [0.717, 1.165) is 27.7 Å². The fraction of sp³-hybridized carbons (Fsp3) is 0.417. The van der Waals surface area contributed by atoms with Gasteiger partial charge in [0, 0.05) is 19.0 Å². The molecule has 1 fully saturated rings. The van der Waals surface area contributed by atoms with Gasteiger partial charge in [0.15, 0.2) is 0 Å². The van der Waals surface area contributed by atoms with Crippen LogP contribution in [0.25, 0.3) is 11.0 Å². The summed E-state index contributed by atoms with van der Waals surface area (Å²) in [6, 6.07) is 11.3. The van der Waals surface area contributed by atoms with E-state index in [1.165, 1.54) is 4.31 Å². The van der Waals surface area contributed by atoms with Gasteiger partial charge in [0.2, 0.25) is 15.9 Å². The molecule has 2 heterocycles. The molecule has 0 radical (unpaired) electrons. The van der Waals surface area contributed by atoms with Crippen LogP contribution in [-0.2, 0) is 14.8 Å². The summed E-state index contributed by atoms with van der Waals surface area (Å²) in [6.07, 6.45) is 1.00. The SMILES string of the molecule is Cc1cc(C)c(S(=O)(=O)N2CCC(C(=O)NC(C)c3nc4ccccc4[nH]3)CC2)c(C)c1. The third-order valence-electron chi connectivity index (χ3n) is 6.20. The fourth-order valence-corrected chi connectivity index (χ4v) is 6.52. The number of rotatable bonds is 5. The third-order valence-corrected chi connectivity index (χ3v) is 8.41. The second-order valence-electron chi connectivity index (χ2n) is 8.78. The molecule has 1 aliphatic heterocycles. The van der Waals surface area contributed by atoms with Gasteiger partial charge in [-0.2, -0.15) is 4.31 Å². The molecule has 4 rings (SSSR count). The molecule has 32 heavy (non-hydrogen) atoms. The highest BCUT2D eigenvalue weighted by Gasteiger charge is 2.34. The Labute approximate surface area is 189 Å². The van der Waals surface area contributed by atoms with Crippen LogP contribution in [0.15, 0.2) is 41.3 Å². The van der Waals surface area contributed by atoms with E-state index in [2.05, 4.69) is 15.3 Å². The molecule has 0 aliphatic carbocycles. The Hall–Kier alpha value is -2.71. The Morgan fingerprint density at radius 2 is 1.75 bits per heavy atom. The van der Waals surface area contributed by atoms with Crippen molar-refractivity contribution in [1.82, 2.24) is 19.6 Å². The van der Waals surface area contributed by atoms with Gasteiger partial charge in [0.1, 0.15) is 5.82 Å². The number of carbonyl (C=O) groups is 1. The maximum Gasteiger partial charge on any atom is 0.243 e. The quantitative estimate of drug-likeness (QED) is 0.614. The minimum atomic E-state index is -3.58. The number of imidazole rings is 1. The number of nitrogens with zero attached hydrogens (tertiary/aromatic N) is 2. The van der Waals surface area contributed by atoms with Crippen molar-refractivity contribution in [3.05, 3.63) is 58.9 Å². The zero-order valence-electron chi connectivity index (χ0n) is 19.0. The number of para-hydroxylation sites is 2. The molecule has 7 nitrogen and oxygen atoms in total. The Morgan fingerprint density at radius 1 is 1.12 bits per heavy atom. The first-order chi connectivity index (χ1) is 15.2. The molecule has 1 aromatic heterocycles. The van der Waals surface area contributed by atoms with Gasteiger partial charge in [0.05, 0.1) is 22.0 Å². The van der Waals surface area contributed by atoms with E-state index in [4.69, 9.17) is 0 Å². The molecule has 2 N–H and O–H groups in total. The predicted octanol–water partition coefficient (Wildman–Crippen LogP) is 3.77. The molecule has 1 atom stereocenters. The van der Waals surface area contributed by atoms with Crippen LogP contribution in [0.2, 0.25) is 0 Å². The average molecular weight is 455 g/mol. The molecule has 1 unspecified atom stereocenters. The summed E-state index contributed by atoms with van der Waals surface area (Å²) in [5.41, 5.74) is 4.38. The first kappa shape index (κ1) is 22.5. The number of H-pyrrole nitrogens is 1. The number of aromatic nitrogens is 2. The predicted molar refractivity (Wildman–Crippen MR) is 125 cm³/mol. The lowest BCUT2D eigenvalue weighted by atomic mass is 9.97. The van der Waals surface area contributed by atoms with Crippen molar-refractivity contribution in [3.63, 3.8) is 0 Å². The van der Waals surface area contributed by atoms with E-state index in [1.54, 1.807) is 0 Å².